The van der Waals surface area contributed by atoms with E-state index in [1.165, 1.54) is 6.07 Å². The van der Waals surface area contributed by atoms with Gasteiger partial charge in [-0.15, -0.1) is 0 Å². The molecule has 0 spiro atoms. The maximum absolute atomic E-state index is 13.8. The van der Waals surface area contributed by atoms with Crippen molar-refractivity contribution in [3.8, 4) is 0 Å². The van der Waals surface area contributed by atoms with E-state index in [4.69, 9.17) is 4.42 Å². The van der Waals surface area contributed by atoms with Gasteiger partial charge in [-0.25, -0.2) is 4.39 Å². The minimum atomic E-state index is -0.334. The number of halogens is 1. The van der Waals surface area contributed by atoms with Crippen molar-refractivity contribution in [2.45, 2.75) is 25.4 Å². The largest absolute Gasteiger partial charge is 0.468 e. The third-order valence-electron chi connectivity index (χ3n) is 3.16. The number of aliphatic hydroxyl groups excluding tert-OH is 1. The van der Waals surface area contributed by atoms with Crippen molar-refractivity contribution in [1.82, 2.24) is 5.32 Å². The molecule has 1 aromatic heterocycles. The van der Waals surface area contributed by atoms with Gasteiger partial charge >= 0.3 is 0 Å². The SMILES string of the molecule is CCC(NC(CO)c1ccco1)c1ccccc1F. The van der Waals surface area contributed by atoms with Crippen molar-refractivity contribution in [1.29, 1.82) is 0 Å². The number of benzene rings is 1. The van der Waals surface area contributed by atoms with Crippen LogP contribution in [0.25, 0.3) is 0 Å². The summed E-state index contributed by atoms with van der Waals surface area (Å²) < 4.78 is 19.1. The molecule has 0 saturated carbocycles. The molecule has 0 saturated heterocycles. The first-order chi connectivity index (χ1) is 9.26. The predicted molar refractivity (Wildman–Crippen MR) is 71.1 cm³/mol. The maximum atomic E-state index is 13.8. The minimum absolute atomic E-state index is 0.0987. The van der Waals surface area contributed by atoms with Gasteiger partial charge < -0.3 is 9.52 Å². The average molecular weight is 263 g/mol. The predicted octanol–water partition coefficient (Wildman–Crippen LogP) is 3.19. The molecule has 0 amide bonds. The minimum Gasteiger partial charge on any atom is -0.468 e. The third kappa shape index (κ3) is 3.22. The molecule has 2 atom stereocenters. The van der Waals surface area contributed by atoms with E-state index in [1.54, 1.807) is 30.5 Å². The van der Waals surface area contributed by atoms with E-state index >= 15 is 0 Å². The van der Waals surface area contributed by atoms with Gasteiger partial charge in [-0.2, -0.15) is 0 Å². The van der Waals surface area contributed by atoms with Gasteiger partial charge in [0.15, 0.2) is 0 Å². The van der Waals surface area contributed by atoms with Crippen LogP contribution >= 0.6 is 0 Å². The fourth-order valence-corrected chi connectivity index (χ4v) is 2.14. The average Bonchev–Trinajstić information content (AvgIpc) is 2.95. The lowest BCUT2D eigenvalue weighted by atomic mass is 10.0. The first-order valence-corrected chi connectivity index (χ1v) is 6.41. The molecule has 4 heteroatoms. The molecule has 1 aromatic carbocycles. The van der Waals surface area contributed by atoms with Crippen LogP contribution in [0.1, 0.15) is 36.8 Å². The first kappa shape index (κ1) is 13.8. The van der Waals surface area contributed by atoms with Crippen molar-refractivity contribution in [3.63, 3.8) is 0 Å². The van der Waals surface area contributed by atoms with Gasteiger partial charge in [0.05, 0.1) is 18.9 Å². The lowest BCUT2D eigenvalue weighted by molar-refractivity contribution is 0.213. The molecule has 2 rings (SSSR count). The first-order valence-electron chi connectivity index (χ1n) is 6.41. The quantitative estimate of drug-likeness (QED) is 0.841. The summed E-state index contributed by atoms with van der Waals surface area (Å²) in [6.07, 6.45) is 2.28. The zero-order chi connectivity index (χ0) is 13.7. The monoisotopic (exact) mass is 263 g/mol. The summed E-state index contributed by atoms with van der Waals surface area (Å²) in [6.45, 7) is 1.87. The van der Waals surface area contributed by atoms with Crippen LogP contribution in [-0.4, -0.2) is 11.7 Å². The fourth-order valence-electron chi connectivity index (χ4n) is 2.14. The maximum Gasteiger partial charge on any atom is 0.127 e. The fraction of sp³-hybridized carbons (Fsp3) is 0.333. The molecular weight excluding hydrogens is 245 g/mol. The molecule has 0 aliphatic heterocycles. The van der Waals surface area contributed by atoms with Crippen LogP contribution in [0, 0.1) is 5.82 Å². The third-order valence-corrected chi connectivity index (χ3v) is 3.16. The van der Waals surface area contributed by atoms with Gasteiger partial charge in [-0.3, -0.25) is 5.32 Å². The molecule has 2 aromatic rings. The highest BCUT2D eigenvalue weighted by molar-refractivity contribution is 5.21. The van der Waals surface area contributed by atoms with E-state index in [-0.39, 0.29) is 24.5 Å². The van der Waals surface area contributed by atoms with E-state index in [0.29, 0.717) is 11.3 Å². The Balaban J connectivity index is 2.17. The van der Waals surface area contributed by atoms with Gasteiger partial charge in [0.2, 0.25) is 0 Å². The lowest BCUT2D eigenvalue weighted by Crippen LogP contribution is -2.28. The normalized spacial score (nSPS) is 14.3. The van der Waals surface area contributed by atoms with E-state index in [1.807, 2.05) is 13.0 Å². The van der Waals surface area contributed by atoms with Crippen molar-refractivity contribution in [2.75, 3.05) is 6.61 Å². The second-order valence-electron chi connectivity index (χ2n) is 4.40. The summed E-state index contributed by atoms with van der Waals surface area (Å²) in [4.78, 5) is 0. The Labute approximate surface area is 112 Å². The number of furan rings is 1. The highest BCUT2D eigenvalue weighted by Gasteiger charge is 2.20. The van der Waals surface area contributed by atoms with Gasteiger partial charge in [-0.1, -0.05) is 25.1 Å². The van der Waals surface area contributed by atoms with Crippen LogP contribution in [0.4, 0.5) is 4.39 Å². The van der Waals surface area contributed by atoms with Crippen LogP contribution in [0.2, 0.25) is 0 Å². The van der Waals surface area contributed by atoms with Crippen LogP contribution in [0.3, 0.4) is 0 Å². The number of hydrogen-bond acceptors (Lipinski definition) is 3. The molecule has 1 heterocycles. The molecule has 2 unspecified atom stereocenters. The summed E-state index contributed by atoms with van der Waals surface area (Å²) >= 11 is 0. The molecule has 0 radical (unpaired) electrons. The Bertz CT molecular complexity index is 499. The Morgan fingerprint density at radius 2 is 2.00 bits per heavy atom. The van der Waals surface area contributed by atoms with Gasteiger partial charge in [-0.05, 0) is 24.6 Å². The summed E-state index contributed by atoms with van der Waals surface area (Å²) in [6, 6.07) is 9.74. The van der Waals surface area contributed by atoms with Crippen LogP contribution in [-0.2, 0) is 0 Å². The smallest absolute Gasteiger partial charge is 0.127 e. The summed E-state index contributed by atoms with van der Waals surface area (Å²) in [5.41, 5.74) is 0.606. The van der Waals surface area contributed by atoms with Crippen LogP contribution in [0.5, 0.6) is 0 Å². The topological polar surface area (TPSA) is 45.4 Å². The Morgan fingerprint density at radius 1 is 1.21 bits per heavy atom. The second-order valence-corrected chi connectivity index (χ2v) is 4.40. The Hall–Kier alpha value is -1.65. The summed E-state index contributed by atoms with van der Waals surface area (Å²) in [5.74, 6) is 0.412. The highest BCUT2D eigenvalue weighted by Crippen LogP contribution is 2.24. The molecule has 0 bridgehead atoms. The molecular formula is C15H18FNO2. The van der Waals surface area contributed by atoms with Gasteiger partial charge in [0, 0.05) is 11.6 Å². The summed E-state index contributed by atoms with van der Waals surface area (Å²) in [7, 11) is 0. The highest BCUT2D eigenvalue weighted by atomic mass is 19.1. The van der Waals surface area contributed by atoms with E-state index in [2.05, 4.69) is 5.32 Å². The molecule has 3 nitrogen and oxygen atoms in total. The van der Waals surface area contributed by atoms with Crippen molar-refractivity contribution < 1.29 is 13.9 Å². The van der Waals surface area contributed by atoms with Crippen molar-refractivity contribution in [3.05, 3.63) is 59.8 Å². The number of nitrogens with one attached hydrogen (secondary N) is 1. The summed E-state index contributed by atoms with van der Waals surface area (Å²) in [5, 5.41) is 12.7. The lowest BCUT2D eigenvalue weighted by Gasteiger charge is -2.23. The van der Waals surface area contributed by atoms with Crippen LogP contribution < -0.4 is 5.32 Å². The van der Waals surface area contributed by atoms with E-state index < -0.39 is 0 Å². The second kappa shape index (κ2) is 6.50. The molecule has 2 N–H and O–H groups in total. The molecule has 0 aliphatic carbocycles. The zero-order valence-corrected chi connectivity index (χ0v) is 10.8. The molecule has 19 heavy (non-hydrogen) atoms. The van der Waals surface area contributed by atoms with Crippen molar-refractivity contribution >= 4 is 0 Å². The van der Waals surface area contributed by atoms with E-state index in [0.717, 1.165) is 6.42 Å². The standard InChI is InChI=1S/C15H18FNO2/c1-2-13(11-6-3-4-7-12(11)16)17-14(10-18)15-8-5-9-19-15/h3-9,13-14,17-18H,2,10H2,1H3. The van der Waals surface area contributed by atoms with Crippen molar-refractivity contribution in [2.24, 2.45) is 0 Å². The zero-order valence-electron chi connectivity index (χ0n) is 10.8. The molecule has 102 valence electrons. The Morgan fingerprint density at radius 3 is 2.58 bits per heavy atom. The van der Waals surface area contributed by atoms with Gasteiger partial charge in [0.25, 0.3) is 0 Å². The van der Waals surface area contributed by atoms with E-state index in [9.17, 15) is 9.50 Å². The Kier molecular flexibility index (Phi) is 4.71. The number of rotatable bonds is 6. The van der Waals surface area contributed by atoms with Gasteiger partial charge in [0.1, 0.15) is 11.6 Å². The number of aliphatic hydroxyl groups is 1. The van der Waals surface area contributed by atoms with Crippen LogP contribution in [0.15, 0.2) is 47.1 Å². The molecule has 0 aliphatic rings. The molecule has 0 fully saturated rings. The number of hydrogen-bond donors (Lipinski definition) is 2.